The lowest BCUT2D eigenvalue weighted by Gasteiger charge is -2.25. The molecular formula is C55H104O6. The van der Waals surface area contributed by atoms with Crippen LogP contribution in [0.4, 0.5) is 0 Å². The van der Waals surface area contributed by atoms with Gasteiger partial charge in [0, 0.05) is 19.3 Å². The van der Waals surface area contributed by atoms with Crippen LogP contribution in [0.3, 0.4) is 0 Å². The number of carbonyl (C=O) groups excluding carboxylic acids is 3. The Kier molecular flexibility index (Phi) is 48.0. The average molecular weight is 861 g/mol. The van der Waals surface area contributed by atoms with E-state index in [1.165, 1.54) is 186 Å². The molecule has 0 saturated carbocycles. The highest BCUT2D eigenvalue weighted by molar-refractivity contribution is 5.86. The summed E-state index contributed by atoms with van der Waals surface area (Å²) in [7, 11) is 0. The molecule has 0 rings (SSSR count). The van der Waals surface area contributed by atoms with Crippen molar-refractivity contribution in [2.45, 2.75) is 315 Å². The Hall–Kier alpha value is -1.69. The van der Waals surface area contributed by atoms with E-state index in [-0.39, 0.29) is 25.0 Å². The van der Waals surface area contributed by atoms with Crippen molar-refractivity contribution in [1.29, 1.82) is 0 Å². The summed E-state index contributed by atoms with van der Waals surface area (Å²) in [4.78, 5) is 39.4. The van der Waals surface area contributed by atoms with Gasteiger partial charge in [0.2, 0.25) is 0 Å². The molecular weight excluding hydrogens is 757 g/mol. The zero-order valence-electron chi connectivity index (χ0n) is 41.1. The largest absolute Gasteiger partial charge is 0.455 e. The quantitative estimate of drug-likeness (QED) is 0.0372. The standard InChI is InChI=1S/C55H104O6/c1-4-7-10-13-16-19-22-25-27-30-32-35-38-41-44-47-51(57)55(61-54(59)49-46-43-40-37-33-29-24-21-18-15-12-9-6-3)52(50-56)60-53(58)48-45-42-39-36-34-31-28-26-23-20-17-14-11-8-5-2/h26,28,52,55-56H,4-25,27,29-50H2,1-3H3. The van der Waals surface area contributed by atoms with Crippen molar-refractivity contribution in [3.8, 4) is 0 Å². The first-order valence-corrected chi connectivity index (χ1v) is 27.2. The van der Waals surface area contributed by atoms with Crippen molar-refractivity contribution in [3.05, 3.63) is 12.2 Å². The molecule has 0 aliphatic carbocycles. The third kappa shape index (κ3) is 43.3. The smallest absolute Gasteiger partial charge is 0.306 e. The summed E-state index contributed by atoms with van der Waals surface area (Å²) in [5, 5.41) is 10.3. The number of ether oxygens (including phenoxy) is 2. The van der Waals surface area contributed by atoms with Crippen LogP contribution in [0.1, 0.15) is 303 Å². The van der Waals surface area contributed by atoms with E-state index >= 15 is 0 Å². The molecule has 6 nitrogen and oxygen atoms in total. The summed E-state index contributed by atoms with van der Waals surface area (Å²) in [6.07, 6.45) is 53.0. The number of Topliss-reactive ketones (excluding diaryl/α,β-unsaturated/α-hetero) is 1. The zero-order valence-corrected chi connectivity index (χ0v) is 41.1. The van der Waals surface area contributed by atoms with Crippen molar-refractivity contribution in [1.82, 2.24) is 0 Å². The van der Waals surface area contributed by atoms with Gasteiger partial charge >= 0.3 is 11.9 Å². The zero-order chi connectivity index (χ0) is 44.5. The number of allylic oxidation sites excluding steroid dienone is 2. The number of aliphatic hydroxyl groups is 1. The topological polar surface area (TPSA) is 89.9 Å². The number of hydrogen-bond acceptors (Lipinski definition) is 6. The van der Waals surface area contributed by atoms with Gasteiger partial charge in [0.05, 0.1) is 6.61 Å². The average Bonchev–Trinajstić information content (AvgIpc) is 3.26. The van der Waals surface area contributed by atoms with Gasteiger partial charge in [-0.2, -0.15) is 0 Å². The first kappa shape index (κ1) is 59.3. The molecule has 0 aliphatic rings. The summed E-state index contributed by atoms with van der Waals surface area (Å²) in [5.41, 5.74) is 0. The number of esters is 2. The minimum Gasteiger partial charge on any atom is -0.455 e. The van der Waals surface area contributed by atoms with E-state index in [1.807, 2.05) is 0 Å². The molecule has 2 unspecified atom stereocenters. The highest BCUT2D eigenvalue weighted by Crippen LogP contribution is 2.19. The summed E-state index contributed by atoms with van der Waals surface area (Å²) >= 11 is 0. The van der Waals surface area contributed by atoms with Crippen molar-refractivity contribution in [2.24, 2.45) is 0 Å². The number of hydrogen-bond donors (Lipinski definition) is 1. The molecule has 61 heavy (non-hydrogen) atoms. The molecule has 0 aromatic heterocycles. The van der Waals surface area contributed by atoms with E-state index in [2.05, 4.69) is 32.9 Å². The van der Waals surface area contributed by atoms with Crippen LogP contribution in [0.2, 0.25) is 0 Å². The molecule has 0 bridgehead atoms. The van der Waals surface area contributed by atoms with Crippen LogP contribution in [-0.4, -0.2) is 41.6 Å². The summed E-state index contributed by atoms with van der Waals surface area (Å²) in [6.45, 7) is 6.25. The third-order valence-electron chi connectivity index (χ3n) is 12.5. The maximum Gasteiger partial charge on any atom is 0.306 e. The molecule has 0 radical (unpaired) electrons. The fourth-order valence-electron chi connectivity index (χ4n) is 8.41. The molecule has 1 N–H and O–H groups in total. The van der Waals surface area contributed by atoms with Crippen LogP contribution in [0.5, 0.6) is 0 Å². The summed E-state index contributed by atoms with van der Waals surface area (Å²) < 4.78 is 11.4. The van der Waals surface area contributed by atoms with Gasteiger partial charge in [-0.1, -0.05) is 251 Å². The van der Waals surface area contributed by atoms with Crippen molar-refractivity contribution >= 4 is 17.7 Å². The molecule has 0 amide bonds. The number of rotatable bonds is 50. The molecule has 0 aromatic carbocycles. The number of ketones is 1. The lowest BCUT2D eigenvalue weighted by atomic mass is 10.0. The fraction of sp³-hybridized carbons (Fsp3) is 0.909. The van der Waals surface area contributed by atoms with Gasteiger partial charge in [0.15, 0.2) is 18.0 Å². The molecule has 0 spiro atoms. The molecule has 360 valence electrons. The van der Waals surface area contributed by atoms with Gasteiger partial charge in [-0.3, -0.25) is 14.4 Å². The number of unbranched alkanes of at least 4 members (excludes halogenated alkanes) is 37. The van der Waals surface area contributed by atoms with E-state index in [4.69, 9.17) is 9.47 Å². The Labute approximate surface area is 379 Å². The molecule has 0 saturated heterocycles. The van der Waals surface area contributed by atoms with Gasteiger partial charge in [0.1, 0.15) is 0 Å². The van der Waals surface area contributed by atoms with Crippen molar-refractivity contribution < 1.29 is 29.0 Å². The van der Waals surface area contributed by atoms with Crippen LogP contribution in [-0.2, 0) is 23.9 Å². The third-order valence-corrected chi connectivity index (χ3v) is 12.5. The normalized spacial score (nSPS) is 12.6. The molecule has 2 atom stereocenters. The van der Waals surface area contributed by atoms with E-state index in [0.29, 0.717) is 12.8 Å². The molecule has 0 heterocycles. The maximum atomic E-state index is 13.5. The first-order chi connectivity index (χ1) is 30.0. The van der Waals surface area contributed by atoms with E-state index < -0.39 is 30.8 Å². The Morgan fingerprint density at radius 3 is 0.934 bits per heavy atom. The van der Waals surface area contributed by atoms with Crippen LogP contribution in [0.15, 0.2) is 12.2 Å². The Bertz CT molecular complexity index is 962. The second kappa shape index (κ2) is 49.3. The lowest BCUT2D eigenvalue weighted by Crippen LogP contribution is -2.43. The molecule has 0 aromatic rings. The van der Waals surface area contributed by atoms with Gasteiger partial charge < -0.3 is 14.6 Å². The first-order valence-electron chi connectivity index (χ1n) is 27.2. The second-order valence-corrected chi connectivity index (χ2v) is 18.6. The minimum absolute atomic E-state index is 0.238. The second-order valence-electron chi connectivity index (χ2n) is 18.6. The monoisotopic (exact) mass is 861 g/mol. The number of carbonyl (C=O) groups is 3. The molecule has 6 heteroatoms. The van der Waals surface area contributed by atoms with Crippen LogP contribution < -0.4 is 0 Å². The van der Waals surface area contributed by atoms with Gasteiger partial charge in [-0.25, -0.2) is 0 Å². The predicted octanol–water partition coefficient (Wildman–Crippen LogP) is 17.2. The lowest BCUT2D eigenvalue weighted by molar-refractivity contribution is -0.175. The molecule has 0 aliphatic heterocycles. The highest BCUT2D eigenvalue weighted by atomic mass is 16.6. The Morgan fingerprint density at radius 1 is 0.361 bits per heavy atom. The van der Waals surface area contributed by atoms with Gasteiger partial charge in [-0.05, 0) is 44.9 Å². The van der Waals surface area contributed by atoms with Crippen LogP contribution in [0.25, 0.3) is 0 Å². The fourth-order valence-corrected chi connectivity index (χ4v) is 8.41. The Morgan fingerprint density at radius 2 is 0.623 bits per heavy atom. The summed E-state index contributed by atoms with van der Waals surface area (Å²) in [5.74, 6) is -1.13. The van der Waals surface area contributed by atoms with Crippen LogP contribution in [0, 0.1) is 0 Å². The summed E-state index contributed by atoms with van der Waals surface area (Å²) in [6, 6.07) is 0. The maximum absolute atomic E-state index is 13.5. The SMILES string of the molecule is CCCCCCCCC=CCCCCCCCC(=O)OC(CO)C(OC(=O)CCCCCCCCCCCCCCC)C(=O)CCCCCCCCCCCCCCCCC. The highest BCUT2D eigenvalue weighted by Gasteiger charge is 2.34. The number of aliphatic hydroxyl groups excluding tert-OH is 1. The van der Waals surface area contributed by atoms with Gasteiger partial charge in [-0.15, -0.1) is 0 Å². The van der Waals surface area contributed by atoms with Crippen molar-refractivity contribution in [2.75, 3.05) is 6.61 Å². The van der Waals surface area contributed by atoms with E-state index in [0.717, 1.165) is 64.2 Å². The van der Waals surface area contributed by atoms with Crippen LogP contribution >= 0.6 is 0 Å². The Balaban J connectivity index is 4.60. The van der Waals surface area contributed by atoms with E-state index in [9.17, 15) is 19.5 Å². The molecule has 0 fully saturated rings. The minimum atomic E-state index is -1.25. The predicted molar refractivity (Wildman–Crippen MR) is 261 cm³/mol. The van der Waals surface area contributed by atoms with Gasteiger partial charge in [0.25, 0.3) is 0 Å². The van der Waals surface area contributed by atoms with Crippen molar-refractivity contribution in [3.63, 3.8) is 0 Å². The van der Waals surface area contributed by atoms with E-state index in [1.54, 1.807) is 0 Å².